The molecule has 1 aliphatic rings. The van der Waals surface area contributed by atoms with Crippen molar-refractivity contribution in [3.63, 3.8) is 0 Å². The van der Waals surface area contributed by atoms with Gasteiger partial charge in [-0.15, -0.1) is 11.3 Å². The van der Waals surface area contributed by atoms with E-state index in [1.807, 2.05) is 24.6 Å². The van der Waals surface area contributed by atoms with Gasteiger partial charge in [0.1, 0.15) is 0 Å². The molecule has 0 saturated heterocycles. The molecule has 2 aromatic rings. The van der Waals surface area contributed by atoms with E-state index in [1.165, 1.54) is 41.0 Å². The minimum Gasteiger partial charge on any atom is -0.273 e. The van der Waals surface area contributed by atoms with Crippen molar-refractivity contribution in [1.82, 2.24) is 20.6 Å². The molecule has 7 nitrogen and oxygen atoms in total. The summed E-state index contributed by atoms with van der Waals surface area (Å²) in [6, 6.07) is 4.09. The van der Waals surface area contributed by atoms with Crippen LogP contribution in [0.15, 0.2) is 6.07 Å². The number of fused-ring (bicyclic) bond motifs is 1. The summed E-state index contributed by atoms with van der Waals surface area (Å²) >= 11 is 1.53. The molecular weight excluding hydrogens is 386 g/mol. The quantitative estimate of drug-likeness (QED) is 0.561. The molecule has 29 heavy (non-hydrogen) atoms. The smallest absolute Gasteiger partial charge is 0.273 e. The van der Waals surface area contributed by atoms with Crippen LogP contribution in [0.25, 0.3) is 0 Å². The first-order valence-corrected chi connectivity index (χ1v) is 10.9. The molecule has 0 aromatic carbocycles. The summed E-state index contributed by atoms with van der Waals surface area (Å²) in [6.45, 7) is 4.41. The minimum absolute atomic E-state index is 0.236. The van der Waals surface area contributed by atoms with E-state index >= 15 is 0 Å². The van der Waals surface area contributed by atoms with Crippen molar-refractivity contribution in [3.8, 4) is 6.07 Å². The highest BCUT2D eigenvalue weighted by Crippen LogP contribution is 2.28. The average molecular weight is 414 g/mol. The van der Waals surface area contributed by atoms with Crippen molar-refractivity contribution < 1.29 is 9.59 Å². The van der Waals surface area contributed by atoms with Crippen LogP contribution in [-0.2, 0) is 30.6 Å². The second-order valence-corrected chi connectivity index (χ2v) is 8.54. The van der Waals surface area contributed by atoms with Crippen LogP contribution in [0.2, 0.25) is 0 Å². The normalized spacial score (nSPS) is 13.3. The summed E-state index contributed by atoms with van der Waals surface area (Å²) in [5, 5.41) is 13.2. The lowest BCUT2D eigenvalue weighted by Gasteiger charge is -2.07. The molecular formula is C21H27N5O2S. The first-order chi connectivity index (χ1) is 14.0. The van der Waals surface area contributed by atoms with Crippen LogP contribution in [0.3, 0.4) is 0 Å². The first-order valence-electron chi connectivity index (χ1n) is 10.1. The summed E-state index contributed by atoms with van der Waals surface area (Å²) in [4.78, 5) is 26.5. The Labute approximate surface area is 175 Å². The molecule has 0 bridgehead atoms. The molecule has 0 spiro atoms. The van der Waals surface area contributed by atoms with Crippen LogP contribution < -0.4 is 10.9 Å². The van der Waals surface area contributed by atoms with Crippen molar-refractivity contribution in [2.45, 2.75) is 71.8 Å². The van der Waals surface area contributed by atoms with Gasteiger partial charge in [0.15, 0.2) is 0 Å². The van der Waals surface area contributed by atoms with Crippen LogP contribution in [0, 0.1) is 25.2 Å². The molecule has 2 heterocycles. The van der Waals surface area contributed by atoms with Gasteiger partial charge in [-0.3, -0.25) is 25.1 Å². The van der Waals surface area contributed by atoms with Gasteiger partial charge < -0.3 is 0 Å². The highest BCUT2D eigenvalue weighted by atomic mass is 32.1. The summed E-state index contributed by atoms with van der Waals surface area (Å²) in [5.74, 6) is -0.492. The average Bonchev–Trinajstić information content (AvgIpc) is 3.14. The molecule has 0 aliphatic heterocycles. The second kappa shape index (κ2) is 9.70. The van der Waals surface area contributed by atoms with Crippen LogP contribution in [0.4, 0.5) is 0 Å². The predicted octanol–water partition coefficient (Wildman–Crippen LogP) is 3.14. The number of thiophene rings is 1. The van der Waals surface area contributed by atoms with Gasteiger partial charge in [0.25, 0.3) is 5.91 Å². The SMILES string of the molecule is Cc1nn(CCC#N)c(C)c1CCC(=O)NNC(=O)c1cc2c(s1)CCCCC2. The number of aryl methyl sites for hydroxylation is 4. The molecule has 2 aromatic heterocycles. The Balaban J connectivity index is 1.50. The van der Waals surface area contributed by atoms with Crippen molar-refractivity contribution in [2.24, 2.45) is 0 Å². The summed E-state index contributed by atoms with van der Waals surface area (Å²) < 4.78 is 1.81. The maximum atomic E-state index is 12.4. The van der Waals surface area contributed by atoms with E-state index in [9.17, 15) is 9.59 Å². The van der Waals surface area contributed by atoms with Crippen LogP contribution in [0.5, 0.6) is 0 Å². The van der Waals surface area contributed by atoms with E-state index in [-0.39, 0.29) is 18.2 Å². The Hall–Kier alpha value is -2.66. The van der Waals surface area contributed by atoms with Crippen LogP contribution >= 0.6 is 11.3 Å². The Morgan fingerprint density at radius 1 is 1.24 bits per heavy atom. The van der Waals surface area contributed by atoms with E-state index in [0.717, 1.165) is 29.8 Å². The molecule has 154 valence electrons. The van der Waals surface area contributed by atoms with Gasteiger partial charge in [-0.2, -0.15) is 10.4 Å². The maximum Gasteiger partial charge on any atom is 0.279 e. The number of carbonyl (C=O) groups excluding carboxylic acids is 2. The number of hydrogen-bond donors (Lipinski definition) is 2. The monoisotopic (exact) mass is 413 g/mol. The molecule has 2 amide bonds. The van der Waals surface area contributed by atoms with Crippen LogP contribution in [0.1, 0.15) is 69.2 Å². The van der Waals surface area contributed by atoms with Crippen molar-refractivity contribution in [3.05, 3.63) is 38.3 Å². The molecule has 0 radical (unpaired) electrons. The van der Waals surface area contributed by atoms with Crippen molar-refractivity contribution >= 4 is 23.2 Å². The van der Waals surface area contributed by atoms with Crippen molar-refractivity contribution in [1.29, 1.82) is 5.26 Å². The third kappa shape index (κ3) is 5.24. The number of hydrazine groups is 1. The largest absolute Gasteiger partial charge is 0.279 e. The predicted molar refractivity (Wildman–Crippen MR) is 111 cm³/mol. The first kappa shape index (κ1) is 21.1. The third-order valence-electron chi connectivity index (χ3n) is 5.35. The molecule has 2 N–H and O–H groups in total. The summed E-state index contributed by atoms with van der Waals surface area (Å²) in [6.07, 6.45) is 6.87. The number of nitrogens with one attached hydrogen (secondary N) is 2. The lowest BCUT2D eigenvalue weighted by Crippen LogP contribution is -2.41. The van der Waals surface area contributed by atoms with Crippen LogP contribution in [-0.4, -0.2) is 21.6 Å². The van der Waals surface area contributed by atoms with Gasteiger partial charge in [-0.25, -0.2) is 0 Å². The lowest BCUT2D eigenvalue weighted by atomic mass is 10.1. The maximum absolute atomic E-state index is 12.4. The van der Waals surface area contributed by atoms with Gasteiger partial charge in [0, 0.05) is 17.0 Å². The zero-order valence-corrected chi connectivity index (χ0v) is 17.8. The molecule has 0 unspecified atom stereocenters. The highest BCUT2D eigenvalue weighted by molar-refractivity contribution is 7.14. The fourth-order valence-corrected chi connectivity index (χ4v) is 4.89. The zero-order valence-electron chi connectivity index (χ0n) is 17.0. The zero-order chi connectivity index (χ0) is 20.8. The molecule has 1 aliphatic carbocycles. The number of rotatable bonds is 6. The molecule has 3 rings (SSSR count). The van der Waals surface area contributed by atoms with Gasteiger partial charge in [-0.05, 0) is 63.1 Å². The van der Waals surface area contributed by atoms with Crippen molar-refractivity contribution in [2.75, 3.05) is 0 Å². The Bertz CT molecular complexity index is 914. The highest BCUT2D eigenvalue weighted by Gasteiger charge is 2.17. The summed E-state index contributed by atoms with van der Waals surface area (Å²) in [5.41, 5.74) is 9.21. The number of aromatic nitrogens is 2. The van der Waals surface area contributed by atoms with Gasteiger partial charge in [0.05, 0.1) is 29.6 Å². The molecule has 8 heteroatoms. The van der Waals surface area contributed by atoms with E-state index < -0.39 is 0 Å². The van der Waals surface area contributed by atoms with E-state index in [1.54, 1.807) is 0 Å². The number of carbonyl (C=O) groups is 2. The fraction of sp³-hybridized carbons (Fsp3) is 0.524. The number of hydrogen-bond acceptors (Lipinski definition) is 5. The number of amides is 2. The van der Waals surface area contributed by atoms with Gasteiger partial charge in [-0.1, -0.05) is 6.42 Å². The Morgan fingerprint density at radius 2 is 2.03 bits per heavy atom. The molecule has 0 saturated carbocycles. The molecule has 0 atom stereocenters. The van der Waals surface area contributed by atoms with E-state index in [2.05, 4.69) is 22.0 Å². The Kier molecular flexibility index (Phi) is 7.04. The van der Waals surface area contributed by atoms with Gasteiger partial charge >= 0.3 is 0 Å². The topological polar surface area (TPSA) is 99.8 Å². The fourth-order valence-electron chi connectivity index (χ4n) is 3.74. The second-order valence-electron chi connectivity index (χ2n) is 7.40. The van der Waals surface area contributed by atoms with Gasteiger partial charge in [0.2, 0.25) is 5.91 Å². The summed E-state index contributed by atoms with van der Waals surface area (Å²) in [7, 11) is 0. The van der Waals surface area contributed by atoms with E-state index in [4.69, 9.17) is 5.26 Å². The lowest BCUT2D eigenvalue weighted by molar-refractivity contribution is -0.121. The Morgan fingerprint density at radius 3 is 2.83 bits per heavy atom. The number of nitriles is 1. The minimum atomic E-state index is -0.256. The molecule has 0 fully saturated rings. The third-order valence-corrected chi connectivity index (χ3v) is 6.59. The number of nitrogens with zero attached hydrogens (tertiary/aromatic N) is 3. The van der Waals surface area contributed by atoms with E-state index in [0.29, 0.717) is 24.3 Å². The standard InChI is InChI=1S/C21H27N5O2S/c1-14-17(15(2)26(25-14)12-6-11-22)9-10-20(27)23-24-21(28)19-13-16-7-4-3-5-8-18(16)29-19/h13H,3-10,12H2,1-2H3,(H,23,27)(H,24,28).